The Bertz CT molecular complexity index is 651. The van der Waals surface area contributed by atoms with Crippen molar-refractivity contribution in [2.24, 2.45) is 0 Å². The Morgan fingerprint density at radius 3 is 2.74 bits per heavy atom. The zero-order valence-corrected chi connectivity index (χ0v) is 13.9. The van der Waals surface area contributed by atoms with Crippen molar-refractivity contribution in [3.05, 3.63) is 35.4 Å². The van der Waals surface area contributed by atoms with Crippen LogP contribution in [0.25, 0.3) is 0 Å². The van der Waals surface area contributed by atoms with Crippen LogP contribution in [0.5, 0.6) is 0 Å². The van der Waals surface area contributed by atoms with E-state index in [0.29, 0.717) is 0 Å². The smallest absolute Gasteiger partial charge is 0.217 e. The lowest BCUT2D eigenvalue weighted by Gasteiger charge is -2.24. The van der Waals surface area contributed by atoms with Gasteiger partial charge in [-0.2, -0.15) is 4.31 Å². The molecule has 23 heavy (non-hydrogen) atoms. The molecule has 1 N–H and O–H groups in total. The van der Waals surface area contributed by atoms with Crippen LogP contribution < -0.4 is 0 Å². The summed E-state index contributed by atoms with van der Waals surface area (Å²) in [4.78, 5) is 0. The molecule has 2 atom stereocenters. The summed E-state index contributed by atoms with van der Waals surface area (Å²) in [6.45, 7) is 3.45. The standard InChI is InChI=1S/C15H21F2NO4S/c1-10(2)22-5-6-23(20,21)18-9-12(19)8-15(18)13-7-11(16)3-4-14(13)17/h3-4,7,10,12,15,19H,5-6,8-9H2,1-2H3/t12-,15-/m0/s1. The van der Waals surface area contributed by atoms with Crippen molar-refractivity contribution in [1.82, 2.24) is 4.31 Å². The zero-order valence-electron chi connectivity index (χ0n) is 13.1. The first-order valence-corrected chi connectivity index (χ1v) is 9.05. The number of ether oxygens (including phenoxy) is 1. The van der Waals surface area contributed by atoms with Crippen LogP contribution in [0.1, 0.15) is 31.9 Å². The number of hydrogen-bond acceptors (Lipinski definition) is 4. The minimum atomic E-state index is -3.76. The third-order valence-corrected chi connectivity index (χ3v) is 5.50. The number of benzene rings is 1. The summed E-state index contributed by atoms with van der Waals surface area (Å²) in [7, 11) is -3.76. The highest BCUT2D eigenvalue weighted by molar-refractivity contribution is 7.89. The predicted octanol–water partition coefficient (Wildman–Crippen LogP) is 1.83. The molecule has 1 aliphatic heterocycles. The van der Waals surface area contributed by atoms with Crippen LogP contribution in [-0.4, -0.2) is 48.9 Å². The van der Waals surface area contributed by atoms with E-state index in [-0.39, 0.29) is 37.0 Å². The molecule has 1 heterocycles. The van der Waals surface area contributed by atoms with E-state index in [4.69, 9.17) is 4.74 Å². The van der Waals surface area contributed by atoms with Gasteiger partial charge in [-0.3, -0.25) is 0 Å². The van der Waals surface area contributed by atoms with Crippen molar-refractivity contribution < 1.29 is 27.0 Å². The highest BCUT2D eigenvalue weighted by Gasteiger charge is 2.40. The summed E-state index contributed by atoms with van der Waals surface area (Å²) in [5.74, 6) is -1.61. The first-order valence-electron chi connectivity index (χ1n) is 7.45. The Kier molecular flexibility index (Phi) is 5.72. The Hall–Kier alpha value is -1.09. The molecule has 0 bridgehead atoms. The Morgan fingerprint density at radius 1 is 1.39 bits per heavy atom. The lowest BCUT2D eigenvalue weighted by atomic mass is 10.0. The second-order valence-electron chi connectivity index (χ2n) is 5.88. The number of aliphatic hydroxyl groups excluding tert-OH is 1. The predicted molar refractivity (Wildman–Crippen MR) is 81.3 cm³/mol. The van der Waals surface area contributed by atoms with Crippen LogP contribution in [0.2, 0.25) is 0 Å². The SMILES string of the molecule is CC(C)OCCS(=O)(=O)N1C[C@@H](O)C[C@H]1c1cc(F)ccc1F. The molecule has 0 spiro atoms. The van der Waals surface area contributed by atoms with Gasteiger partial charge in [0.2, 0.25) is 10.0 Å². The lowest BCUT2D eigenvalue weighted by molar-refractivity contribution is 0.0905. The van der Waals surface area contributed by atoms with Crippen LogP contribution in [0.3, 0.4) is 0 Å². The zero-order chi connectivity index (χ0) is 17.2. The Labute approximate surface area is 134 Å². The first kappa shape index (κ1) is 18.3. The van der Waals surface area contributed by atoms with E-state index in [1.165, 1.54) is 0 Å². The van der Waals surface area contributed by atoms with Gasteiger partial charge in [0.1, 0.15) is 11.6 Å². The fourth-order valence-electron chi connectivity index (χ4n) is 2.65. The van der Waals surface area contributed by atoms with Crippen LogP contribution >= 0.6 is 0 Å². The van der Waals surface area contributed by atoms with Gasteiger partial charge in [-0.15, -0.1) is 0 Å². The quantitative estimate of drug-likeness (QED) is 0.851. The summed E-state index contributed by atoms with van der Waals surface area (Å²) in [6.07, 6.45) is -0.987. The lowest BCUT2D eigenvalue weighted by Crippen LogP contribution is -2.35. The van der Waals surface area contributed by atoms with E-state index >= 15 is 0 Å². The normalized spacial score (nSPS) is 22.9. The maximum Gasteiger partial charge on any atom is 0.217 e. The average molecular weight is 349 g/mol. The number of β-amino-alcohol motifs (C(OH)–C–C–N with tert-alkyl or cyclic N) is 1. The molecular weight excluding hydrogens is 328 g/mol. The van der Waals surface area contributed by atoms with E-state index in [1.807, 2.05) is 0 Å². The number of rotatable bonds is 6. The molecule has 1 saturated heterocycles. The van der Waals surface area contributed by atoms with Crippen molar-refractivity contribution >= 4 is 10.0 Å². The molecule has 0 aromatic heterocycles. The van der Waals surface area contributed by atoms with E-state index in [2.05, 4.69) is 0 Å². The van der Waals surface area contributed by atoms with Crippen LogP contribution in [-0.2, 0) is 14.8 Å². The molecule has 1 aliphatic rings. The fourth-order valence-corrected chi connectivity index (χ4v) is 4.18. The molecule has 0 radical (unpaired) electrons. The minimum Gasteiger partial charge on any atom is -0.392 e. The van der Waals surface area contributed by atoms with Gasteiger partial charge in [0.15, 0.2) is 0 Å². The molecule has 0 unspecified atom stereocenters. The molecule has 5 nitrogen and oxygen atoms in total. The number of sulfonamides is 1. The Morgan fingerprint density at radius 2 is 2.09 bits per heavy atom. The maximum absolute atomic E-state index is 14.0. The van der Waals surface area contributed by atoms with Crippen molar-refractivity contribution in [3.63, 3.8) is 0 Å². The molecule has 0 aliphatic carbocycles. The second-order valence-corrected chi connectivity index (χ2v) is 7.92. The highest BCUT2D eigenvalue weighted by Crippen LogP contribution is 2.36. The molecule has 130 valence electrons. The summed E-state index contributed by atoms with van der Waals surface area (Å²) >= 11 is 0. The summed E-state index contributed by atoms with van der Waals surface area (Å²) in [6, 6.07) is 2.00. The second kappa shape index (κ2) is 7.21. The summed E-state index contributed by atoms with van der Waals surface area (Å²) in [5.41, 5.74) is -0.0603. The molecule has 1 aromatic rings. The van der Waals surface area contributed by atoms with E-state index in [0.717, 1.165) is 22.5 Å². The van der Waals surface area contributed by atoms with Gasteiger partial charge < -0.3 is 9.84 Å². The van der Waals surface area contributed by atoms with Gasteiger partial charge in [-0.1, -0.05) is 0 Å². The number of aliphatic hydroxyl groups is 1. The monoisotopic (exact) mass is 349 g/mol. The maximum atomic E-state index is 14.0. The molecule has 2 rings (SSSR count). The van der Waals surface area contributed by atoms with Gasteiger partial charge in [0.25, 0.3) is 0 Å². The molecule has 8 heteroatoms. The number of halogens is 2. The number of hydrogen-bond donors (Lipinski definition) is 1. The largest absolute Gasteiger partial charge is 0.392 e. The summed E-state index contributed by atoms with van der Waals surface area (Å²) in [5, 5.41) is 9.81. The Balaban J connectivity index is 2.23. The molecule has 1 aromatic carbocycles. The van der Waals surface area contributed by atoms with Crippen molar-refractivity contribution in [3.8, 4) is 0 Å². The molecule has 1 fully saturated rings. The minimum absolute atomic E-state index is 0.00491. The van der Waals surface area contributed by atoms with Crippen molar-refractivity contribution in [2.75, 3.05) is 18.9 Å². The average Bonchev–Trinajstić information content (AvgIpc) is 2.83. The fraction of sp³-hybridized carbons (Fsp3) is 0.600. The van der Waals surface area contributed by atoms with Gasteiger partial charge in [-0.05, 0) is 38.5 Å². The summed E-state index contributed by atoms with van der Waals surface area (Å²) < 4.78 is 58.6. The van der Waals surface area contributed by atoms with Gasteiger partial charge in [-0.25, -0.2) is 17.2 Å². The van der Waals surface area contributed by atoms with Crippen molar-refractivity contribution in [2.45, 2.75) is 38.5 Å². The highest BCUT2D eigenvalue weighted by atomic mass is 32.2. The molecular formula is C15H21F2NO4S. The van der Waals surface area contributed by atoms with E-state index in [9.17, 15) is 22.3 Å². The van der Waals surface area contributed by atoms with Gasteiger partial charge in [0, 0.05) is 12.1 Å². The molecule has 0 saturated carbocycles. The topological polar surface area (TPSA) is 66.8 Å². The van der Waals surface area contributed by atoms with Crippen LogP contribution in [0.4, 0.5) is 8.78 Å². The third-order valence-electron chi connectivity index (χ3n) is 3.70. The van der Waals surface area contributed by atoms with Crippen molar-refractivity contribution in [1.29, 1.82) is 0 Å². The van der Waals surface area contributed by atoms with E-state index in [1.54, 1.807) is 13.8 Å². The van der Waals surface area contributed by atoms with Crippen LogP contribution in [0.15, 0.2) is 18.2 Å². The third kappa shape index (κ3) is 4.47. The number of nitrogens with zero attached hydrogens (tertiary/aromatic N) is 1. The van der Waals surface area contributed by atoms with Crippen LogP contribution in [0, 0.1) is 11.6 Å². The van der Waals surface area contributed by atoms with Gasteiger partial charge >= 0.3 is 0 Å². The first-order chi connectivity index (χ1) is 10.7. The van der Waals surface area contributed by atoms with Gasteiger partial charge in [0.05, 0.1) is 30.6 Å². The van der Waals surface area contributed by atoms with E-state index < -0.39 is 33.8 Å². The molecule has 0 amide bonds.